The molecule has 0 amide bonds. The van der Waals surface area contributed by atoms with Crippen LogP contribution in [-0.4, -0.2) is 25.3 Å². The van der Waals surface area contributed by atoms with Crippen molar-refractivity contribution < 1.29 is 4.74 Å². The highest BCUT2D eigenvalue weighted by molar-refractivity contribution is 5.09. The zero-order valence-corrected chi connectivity index (χ0v) is 14.6. The molecule has 0 aliphatic heterocycles. The molecule has 0 heterocycles. The standard InChI is InChI=1S/C19H37NO/c1-4-21-18-15-17(19(18)12-8-9-13-19)20-14-10-6-5-7-11-16(2)3/h16-18,20H,4-15H2,1-3H3. The predicted molar refractivity (Wildman–Crippen MR) is 90.6 cm³/mol. The van der Waals surface area contributed by atoms with Gasteiger partial charge in [-0.15, -0.1) is 0 Å². The van der Waals surface area contributed by atoms with Crippen molar-refractivity contribution in [1.82, 2.24) is 5.32 Å². The van der Waals surface area contributed by atoms with Crippen molar-refractivity contribution in [2.24, 2.45) is 11.3 Å². The topological polar surface area (TPSA) is 21.3 Å². The van der Waals surface area contributed by atoms with Crippen LogP contribution in [0.25, 0.3) is 0 Å². The normalized spacial score (nSPS) is 27.4. The Bertz CT molecular complexity index is 283. The van der Waals surface area contributed by atoms with Crippen LogP contribution < -0.4 is 5.32 Å². The van der Waals surface area contributed by atoms with Crippen LogP contribution in [0.15, 0.2) is 0 Å². The number of nitrogens with one attached hydrogen (secondary N) is 1. The Morgan fingerprint density at radius 2 is 1.81 bits per heavy atom. The maximum Gasteiger partial charge on any atom is 0.0661 e. The maximum atomic E-state index is 5.99. The predicted octanol–water partition coefficient (Wildman–Crippen LogP) is 4.92. The Morgan fingerprint density at radius 3 is 2.48 bits per heavy atom. The van der Waals surface area contributed by atoms with Crippen LogP contribution >= 0.6 is 0 Å². The summed E-state index contributed by atoms with van der Waals surface area (Å²) in [6.45, 7) is 8.89. The number of unbranched alkanes of at least 4 members (excludes halogenated alkanes) is 3. The molecule has 2 nitrogen and oxygen atoms in total. The van der Waals surface area contributed by atoms with Crippen LogP contribution in [0, 0.1) is 11.3 Å². The minimum absolute atomic E-state index is 0.508. The zero-order chi connectivity index (χ0) is 15.1. The van der Waals surface area contributed by atoms with Gasteiger partial charge in [0.2, 0.25) is 0 Å². The van der Waals surface area contributed by atoms with Gasteiger partial charge in [-0.2, -0.15) is 0 Å². The third-order valence-corrected chi connectivity index (χ3v) is 5.79. The van der Waals surface area contributed by atoms with E-state index in [9.17, 15) is 0 Å². The Hall–Kier alpha value is -0.0800. The minimum atomic E-state index is 0.508. The number of hydrogen-bond donors (Lipinski definition) is 1. The summed E-state index contributed by atoms with van der Waals surface area (Å²) in [5, 5.41) is 3.86. The second kappa shape index (κ2) is 8.53. The van der Waals surface area contributed by atoms with Crippen molar-refractivity contribution in [2.45, 2.75) is 97.1 Å². The monoisotopic (exact) mass is 295 g/mol. The van der Waals surface area contributed by atoms with Gasteiger partial charge in [-0.05, 0) is 45.1 Å². The third kappa shape index (κ3) is 4.45. The van der Waals surface area contributed by atoms with E-state index < -0.39 is 0 Å². The Kier molecular flexibility index (Phi) is 7.01. The fourth-order valence-corrected chi connectivity index (χ4v) is 4.48. The average Bonchev–Trinajstić information content (AvgIpc) is 2.96. The highest BCUT2D eigenvalue weighted by Gasteiger charge is 2.56. The number of ether oxygens (including phenoxy) is 1. The summed E-state index contributed by atoms with van der Waals surface area (Å²) in [5.74, 6) is 0.871. The molecule has 0 saturated heterocycles. The molecular formula is C19H37NO. The lowest BCUT2D eigenvalue weighted by Gasteiger charge is -2.54. The second-order valence-electron chi connectivity index (χ2n) is 7.72. The first-order valence-corrected chi connectivity index (χ1v) is 9.54. The lowest BCUT2D eigenvalue weighted by atomic mass is 9.60. The highest BCUT2D eigenvalue weighted by Crippen LogP contribution is 2.54. The van der Waals surface area contributed by atoms with E-state index >= 15 is 0 Å². The van der Waals surface area contributed by atoms with Gasteiger partial charge in [0.15, 0.2) is 0 Å². The molecule has 2 unspecified atom stereocenters. The molecule has 2 rings (SSSR count). The quantitative estimate of drug-likeness (QED) is 0.578. The van der Waals surface area contributed by atoms with Gasteiger partial charge in [0, 0.05) is 18.1 Å². The van der Waals surface area contributed by atoms with E-state index in [1.807, 2.05) is 0 Å². The molecule has 2 heteroatoms. The van der Waals surface area contributed by atoms with Crippen molar-refractivity contribution in [3.8, 4) is 0 Å². The lowest BCUT2D eigenvalue weighted by Crippen LogP contribution is -2.62. The van der Waals surface area contributed by atoms with E-state index in [1.165, 1.54) is 70.8 Å². The van der Waals surface area contributed by atoms with E-state index in [2.05, 4.69) is 26.1 Å². The average molecular weight is 296 g/mol. The fraction of sp³-hybridized carbons (Fsp3) is 1.00. The van der Waals surface area contributed by atoms with Crippen LogP contribution in [-0.2, 0) is 4.74 Å². The van der Waals surface area contributed by atoms with E-state index in [-0.39, 0.29) is 0 Å². The Balaban J connectivity index is 1.58. The molecule has 1 spiro atoms. The van der Waals surface area contributed by atoms with E-state index in [0.29, 0.717) is 11.5 Å². The molecule has 2 aliphatic rings. The van der Waals surface area contributed by atoms with Crippen molar-refractivity contribution in [2.75, 3.05) is 13.2 Å². The molecule has 2 fully saturated rings. The third-order valence-electron chi connectivity index (χ3n) is 5.79. The molecule has 2 aliphatic carbocycles. The zero-order valence-electron chi connectivity index (χ0n) is 14.6. The van der Waals surface area contributed by atoms with Gasteiger partial charge in [0.25, 0.3) is 0 Å². The Labute approximate surface area is 132 Å². The van der Waals surface area contributed by atoms with Crippen LogP contribution in [0.2, 0.25) is 0 Å². The van der Waals surface area contributed by atoms with Crippen molar-refractivity contribution >= 4 is 0 Å². The first-order valence-electron chi connectivity index (χ1n) is 9.54. The molecular weight excluding hydrogens is 258 g/mol. The Morgan fingerprint density at radius 1 is 1.10 bits per heavy atom. The van der Waals surface area contributed by atoms with Gasteiger partial charge in [0.1, 0.15) is 0 Å². The molecule has 21 heavy (non-hydrogen) atoms. The van der Waals surface area contributed by atoms with Crippen LogP contribution in [0.3, 0.4) is 0 Å². The largest absolute Gasteiger partial charge is 0.378 e. The van der Waals surface area contributed by atoms with Crippen LogP contribution in [0.1, 0.15) is 85.0 Å². The first-order chi connectivity index (χ1) is 10.2. The summed E-state index contributed by atoms with van der Waals surface area (Å²) in [4.78, 5) is 0. The SMILES string of the molecule is CCOC1CC(NCCCCCCC(C)C)C12CCCC2. The molecule has 0 radical (unpaired) electrons. The van der Waals surface area contributed by atoms with Gasteiger partial charge < -0.3 is 10.1 Å². The summed E-state index contributed by atoms with van der Waals surface area (Å²) >= 11 is 0. The summed E-state index contributed by atoms with van der Waals surface area (Å²) in [5.41, 5.74) is 0.508. The molecule has 0 aromatic heterocycles. The van der Waals surface area contributed by atoms with Gasteiger partial charge in [-0.3, -0.25) is 0 Å². The summed E-state index contributed by atoms with van der Waals surface area (Å²) in [6, 6.07) is 0.743. The van der Waals surface area contributed by atoms with Gasteiger partial charge in [-0.1, -0.05) is 52.4 Å². The summed E-state index contributed by atoms with van der Waals surface area (Å²) in [6.07, 6.45) is 14.4. The first kappa shape index (κ1) is 17.3. The van der Waals surface area contributed by atoms with E-state index in [0.717, 1.165) is 18.6 Å². The smallest absolute Gasteiger partial charge is 0.0661 e. The van der Waals surface area contributed by atoms with E-state index in [4.69, 9.17) is 4.74 Å². The highest BCUT2D eigenvalue weighted by atomic mass is 16.5. The molecule has 0 aromatic carbocycles. The van der Waals surface area contributed by atoms with Crippen molar-refractivity contribution in [3.63, 3.8) is 0 Å². The van der Waals surface area contributed by atoms with E-state index in [1.54, 1.807) is 0 Å². The maximum absolute atomic E-state index is 5.99. The second-order valence-corrected chi connectivity index (χ2v) is 7.72. The number of hydrogen-bond acceptors (Lipinski definition) is 2. The van der Waals surface area contributed by atoms with Crippen LogP contribution in [0.4, 0.5) is 0 Å². The minimum Gasteiger partial charge on any atom is -0.378 e. The molecule has 2 saturated carbocycles. The van der Waals surface area contributed by atoms with Gasteiger partial charge in [-0.25, -0.2) is 0 Å². The van der Waals surface area contributed by atoms with Gasteiger partial charge >= 0.3 is 0 Å². The molecule has 2 atom stereocenters. The molecule has 124 valence electrons. The molecule has 0 aromatic rings. The summed E-state index contributed by atoms with van der Waals surface area (Å²) in [7, 11) is 0. The van der Waals surface area contributed by atoms with Crippen molar-refractivity contribution in [1.29, 1.82) is 0 Å². The number of rotatable bonds is 10. The lowest BCUT2D eigenvalue weighted by molar-refractivity contribution is -0.130. The molecule has 1 N–H and O–H groups in total. The fourth-order valence-electron chi connectivity index (χ4n) is 4.48. The van der Waals surface area contributed by atoms with Crippen LogP contribution in [0.5, 0.6) is 0 Å². The summed E-state index contributed by atoms with van der Waals surface area (Å²) < 4.78 is 5.99. The molecule has 0 bridgehead atoms. The van der Waals surface area contributed by atoms with Crippen molar-refractivity contribution in [3.05, 3.63) is 0 Å². The van der Waals surface area contributed by atoms with Gasteiger partial charge in [0.05, 0.1) is 6.10 Å².